The summed E-state index contributed by atoms with van der Waals surface area (Å²) in [6.07, 6.45) is 7.91. The zero-order chi connectivity index (χ0) is 10.3. The van der Waals surface area contributed by atoms with Crippen LogP contribution < -0.4 is 10.6 Å². The standard InChI is InChI=1S/C10H13N5/c11-8-7-15-6-3-12-9(15)10(13-8)14-4-1-2-5-14/h3,6-7H,1-2,4-5,11H2. The molecule has 5 heteroatoms. The highest BCUT2D eigenvalue weighted by Crippen LogP contribution is 2.23. The lowest BCUT2D eigenvalue weighted by Gasteiger charge is -2.17. The molecule has 1 fully saturated rings. The molecule has 1 saturated heterocycles. The van der Waals surface area contributed by atoms with Gasteiger partial charge in [0.25, 0.3) is 0 Å². The molecular weight excluding hydrogens is 190 g/mol. The second-order valence-corrected chi connectivity index (χ2v) is 3.84. The summed E-state index contributed by atoms with van der Waals surface area (Å²) in [4.78, 5) is 10.9. The molecule has 3 rings (SSSR count). The summed E-state index contributed by atoms with van der Waals surface area (Å²) < 4.78 is 1.93. The van der Waals surface area contributed by atoms with Crippen molar-refractivity contribution in [1.82, 2.24) is 14.4 Å². The van der Waals surface area contributed by atoms with Crippen molar-refractivity contribution < 1.29 is 0 Å². The van der Waals surface area contributed by atoms with Crippen LogP contribution in [0, 0.1) is 0 Å². The highest BCUT2D eigenvalue weighted by molar-refractivity contribution is 5.66. The van der Waals surface area contributed by atoms with Crippen molar-refractivity contribution in [3.8, 4) is 0 Å². The third-order valence-electron chi connectivity index (χ3n) is 2.78. The van der Waals surface area contributed by atoms with Crippen LogP contribution in [0.4, 0.5) is 11.6 Å². The van der Waals surface area contributed by atoms with E-state index in [1.807, 2.05) is 10.6 Å². The number of rotatable bonds is 1. The Morgan fingerprint density at radius 1 is 1.27 bits per heavy atom. The van der Waals surface area contributed by atoms with Gasteiger partial charge in [0.05, 0.1) is 6.20 Å². The van der Waals surface area contributed by atoms with Gasteiger partial charge in [-0.25, -0.2) is 9.97 Å². The second-order valence-electron chi connectivity index (χ2n) is 3.84. The van der Waals surface area contributed by atoms with Crippen LogP contribution in [-0.4, -0.2) is 27.5 Å². The quantitative estimate of drug-likeness (QED) is 0.748. The maximum Gasteiger partial charge on any atom is 0.180 e. The first kappa shape index (κ1) is 8.52. The normalized spacial score (nSPS) is 16.4. The minimum Gasteiger partial charge on any atom is -0.382 e. The molecule has 0 amide bonds. The summed E-state index contributed by atoms with van der Waals surface area (Å²) in [5, 5.41) is 0. The van der Waals surface area contributed by atoms with E-state index in [2.05, 4.69) is 14.9 Å². The van der Waals surface area contributed by atoms with Crippen LogP contribution in [0.1, 0.15) is 12.8 Å². The third-order valence-corrected chi connectivity index (χ3v) is 2.78. The number of imidazole rings is 1. The predicted octanol–water partition coefficient (Wildman–Crippen LogP) is 0.912. The first-order valence-electron chi connectivity index (χ1n) is 5.19. The molecule has 0 aliphatic carbocycles. The molecule has 1 aliphatic heterocycles. The van der Waals surface area contributed by atoms with E-state index < -0.39 is 0 Å². The zero-order valence-electron chi connectivity index (χ0n) is 8.43. The molecule has 15 heavy (non-hydrogen) atoms. The summed E-state index contributed by atoms with van der Waals surface area (Å²) in [6, 6.07) is 0. The second kappa shape index (κ2) is 3.12. The van der Waals surface area contributed by atoms with Crippen LogP contribution in [0.3, 0.4) is 0 Å². The van der Waals surface area contributed by atoms with Crippen LogP contribution in [-0.2, 0) is 0 Å². The van der Waals surface area contributed by atoms with E-state index in [9.17, 15) is 0 Å². The van der Waals surface area contributed by atoms with Crippen LogP contribution in [0.25, 0.3) is 5.65 Å². The summed E-state index contributed by atoms with van der Waals surface area (Å²) in [6.45, 7) is 2.11. The minimum absolute atomic E-state index is 0.544. The van der Waals surface area contributed by atoms with E-state index in [-0.39, 0.29) is 0 Å². The van der Waals surface area contributed by atoms with Gasteiger partial charge >= 0.3 is 0 Å². The zero-order valence-corrected chi connectivity index (χ0v) is 8.43. The number of fused-ring (bicyclic) bond motifs is 1. The number of hydrogen-bond donors (Lipinski definition) is 1. The molecule has 2 N–H and O–H groups in total. The van der Waals surface area contributed by atoms with Crippen LogP contribution >= 0.6 is 0 Å². The van der Waals surface area contributed by atoms with Crippen LogP contribution in [0.5, 0.6) is 0 Å². The third kappa shape index (κ3) is 1.31. The number of nitrogen functional groups attached to an aromatic ring is 1. The fourth-order valence-corrected chi connectivity index (χ4v) is 2.08. The van der Waals surface area contributed by atoms with E-state index in [4.69, 9.17) is 5.73 Å². The van der Waals surface area contributed by atoms with Crippen LogP contribution in [0.15, 0.2) is 18.6 Å². The first-order chi connectivity index (χ1) is 7.34. The van der Waals surface area contributed by atoms with Gasteiger partial charge in [-0.05, 0) is 12.8 Å². The summed E-state index contributed by atoms with van der Waals surface area (Å²) in [5.74, 6) is 1.46. The lowest BCUT2D eigenvalue weighted by molar-refractivity contribution is 0.930. The minimum atomic E-state index is 0.544. The Morgan fingerprint density at radius 2 is 2.07 bits per heavy atom. The van der Waals surface area contributed by atoms with E-state index in [0.29, 0.717) is 5.82 Å². The van der Waals surface area contributed by atoms with Crippen molar-refractivity contribution in [2.75, 3.05) is 23.7 Å². The summed E-state index contributed by atoms with van der Waals surface area (Å²) in [5.41, 5.74) is 6.66. The molecule has 3 heterocycles. The molecule has 0 saturated carbocycles. The van der Waals surface area contributed by atoms with Gasteiger partial charge in [0.15, 0.2) is 11.5 Å². The molecule has 5 nitrogen and oxygen atoms in total. The van der Waals surface area contributed by atoms with Crippen molar-refractivity contribution in [3.05, 3.63) is 18.6 Å². The summed E-state index contributed by atoms with van der Waals surface area (Å²) >= 11 is 0. The molecule has 0 bridgehead atoms. The lowest BCUT2D eigenvalue weighted by atomic mass is 10.4. The molecule has 0 spiro atoms. The van der Waals surface area contributed by atoms with Crippen LogP contribution in [0.2, 0.25) is 0 Å². The summed E-state index contributed by atoms with van der Waals surface area (Å²) in [7, 11) is 0. The SMILES string of the molecule is Nc1cn2ccnc2c(N2CCCC2)n1. The number of hydrogen-bond acceptors (Lipinski definition) is 4. The molecule has 0 aromatic carbocycles. The van der Waals surface area contributed by atoms with E-state index in [1.165, 1.54) is 12.8 Å². The van der Waals surface area contributed by atoms with Gasteiger partial charge in [0.2, 0.25) is 0 Å². The van der Waals surface area contributed by atoms with Gasteiger partial charge in [-0.3, -0.25) is 0 Å². The molecule has 0 unspecified atom stereocenters. The smallest absolute Gasteiger partial charge is 0.180 e. The average Bonchev–Trinajstić information content (AvgIpc) is 2.86. The molecule has 0 radical (unpaired) electrons. The van der Waals surface area contributed by atoms with Crippen molar-refractivity contribution in [1.29, 1.82) is 0 Å². The molecule has 2 aromatic rings. The van der Waals surface area contributed by atoms with Gasteiger partial charge in [0, 0.05) is 25.5 Å². The Kier molecular flexibility index (Phi) is 1.77. The van der Waals surface area contributed by atoms with E-state index in [0.717, 1.165) is 24.6 Å². The maximum atomic E-state index is 5.77. The first-order valence-corrected chi connectivity index (χ1v) is 5.19. The Balaban J connectivity index is 2.18. The Hall–Kier alpha value is -1.78. The average molecular weight is 203 g/mol. The van der Waals surface area contributed by atoms with Crippen molar-refractivity contribution in [3.63, 3.8) is 0 Å². The fraction of sp³-hybridized carbons (Fsp3) is 0.400. The molecular formula is C10H13N5. The van der Waals surface area contributed by atoms with Crippen molar-refractivity contribution in [2.24, 2.45) is 0 Å². The number of anilines is 2. The topological polar surface area (TPSA) is 59.5 Å². The van der Waals surface area contributed by atoms with Gasteiger partial charge in [-0.15, -0.1) is 0 Å². The Labute approximate surface area is 87.5 Å². The molecule has 0 atom stereocenters. The Bertz CT molecular complexity index is 484. The van der Waals surface area contributed by atoms with E-state index >= 15 is 0 Å². The van der Waals surface area contributed by atoms with Crippen molar-refractivity contribution >= 4 is 17.3 Å². The molecule has 2 aromatic heterocycles. The number of aromatic nitrogens is 3. The molecule has 1 aliphatic rings. The Morgan fingerprint density at radius 3 is 2.87 bits per heavy atom. The monoisotopic (exact) mass is 203 g/mol. The van der Waals surface area contributed by atoms with Gasteiger partial charge in [-0.2, -0.15) is 0 Å². The van der Waals surface area contributed by atoms with E-state index in [1.54, 1.807) is 12.4 Å². The molecule has 78 valence electrons. The number of nitrogens with two attached hydrogens (primary N) is 1. The van der Waals surface area contributed by atoms with Gasteiger partial charge in [0.1, 0.15) is 5.82 Å². The lowest BCUT2D eigenvalue weighted by Crippen LogP contribution is -2.20. The highest BCUT2D eigenvalue weighted by Gasteiger charge is 2.17. The maximum absolute atomic E-state index is 5.77. The predicted molar refractivity (Wildman–Crippen MR) is 58.8 cm³/mol. The highest BCUT2D eigenvalue weighted by atomic mass is 15.2. The van der Waals surface area contributed by atoms with Crippen molar-refractivity contribution in [2.45, 2.75) is 12.8 Å². The van der Waals surface area contributed by atoms with Gasteiger partial charge < -0.3 is 15.0 Å². The number of nitrogens with zero attached hydrogens (tertiary/aromatic N) is 4. The largest absolute Gasteiger partial charge is 0.382 e. The fourth-order valence-electron chi connectivity index (χ4n) is 2.08. The van der Waals surface area contributed by atoms with Gasteiger partial charge in [-0.1, -0.05) is 0 Å².